The lowest BCUT2D eigenvalue weighted by Gasteiger charge is -2.03. The third kappa shape index (κ3) is 2.19. The Morgan fingerprint density at radius 3 is 2.85 bits per heavy atom. The average Bonchev–Trinajstić information content (AvgIpc) is 2.95. The maximum Gasteiger partial charge on any atom is 0.0474 e. The molecule has 1 aliphatic heterocycles. The summed E-state index contributed by atoms with van der Waals surface area (Å²) >= 11 is 1.94. The molecular formula is C11H15NS. The number of anilines is 1. The molecule has 1 fully saturated rings. The molecule has 0 saturated carbocycles. The molecular weight excluding hydrogens is 178 g/mol. The first-order valence-electron chi connectivity index (χ1n) is 4.72. The first kappa shape index (κ1) is 8.95. The Morgan fingerprint density at radius 2 is 2.15 bits per heavy atom. The van der Waals surface area contributed by atoms with Gasteiger partial charge in [-0.05, 0) is 30.6 Å². The van der Waals surface area contributed by atoms with Crippen LogP contribution in [0.15, 0.2) is 30.3 Å². The minimum absolute atomic E-state index is 0.815. The molecule has 1 aliphatic rings. The van der Waals surface area contributed by atoms with Gasteiger partial charge >= 0.3 is 0 Å². The van der Waals surface area contributed by atoms with Crippen molar-refractivity contribution in [2.75, 3.05) is 23.5 Å². The van der Waals surface area contributed by atoms with Gasteiger partial charge in [-0.15, -0.1) is 0 Å². The third-order valence-electron chi connectivity index (χ3n) is 2.46. The summed E-state index contributed by atoms with van der Waals surface area (Å²) in [5.41, 5.74) is 1.38. The maximum atomic E-state index is 2.47. The smallest absolute Gasteiger partial charge is 0.0474 e. The van der Waals surface area contributed by atoms with E-state index >= 15 is 0 Å². The van der Waals surface area contributed by atoms with E-state index in [1.54, 1.807) is 0 Å². The number of thioether (sulfide) groups is 1. The Morgan fingerprint density at radius 1 is 1.38 bits per heavy atom. The van der Waals surface area contributed by atoms with Crippen LogP contribution in [0.1, 0.15) is 6.42 Å². The van der Waals surface area contributed by atoms with Gasteiger partial charge in [-0.2, -0.15) is 11.8 Å². The van der Waals surface area contributed by atoms with E-state index in [4.69, 9.17) is 0 Å². The van der Waals surface area contributed by atoms with Gasteiger partial charge in [0.05, 0.1) is 0 Å². The summed E-state index contributed by atoms with van der Waals surface area (Å²) in [5.74, 6) is 1.29. The van der Waals surface area contributed by atoms with E-state index in [2.05, 4.69) is 41.5 Å². The third-order valence-corrected chi connectivity index (χ3v) is 3.10. The molecule has 1 saturated heterocycles. The fourth-order valence-electron chi connectivity index (χ4n) is 1.62. The molecule has 1 nitrogen and oxygen atoms in total. The first-order chi connectivity index (χ1) is 6.42. The fourth-order valence-corrected chi connectivity index (χ4v) is 2.12. The van der Waals surface area contributed by atoms with Crippen molar-refractivity contribution >= 4 is 17.4 Å². The number of benzene rings is 1. The number of hydrogen-bond acceptors (Lipinski definition) is 2. The molecule has 0 aliphatic carbocycles. The lowest BCUT2D eigenvalue weighted by molar-refractivity contribution is 0.932. The summed E-state index contributed by atoms with van der Waals surface area (Å²) in [6.07, 6.45) is 3.51. The normalized spacial score (nSPS) is 20.4. The van der Waals surface area contributed by atoms with Crippen LogP contribution in [0.2, 0.25) is 0 Å². The van der Waals surface area contributed by atoms with Crippen molar-refractivity contribution in [3.05, 3.63) is 30.3 Å². The molecule has 0 amide bonds. The molecule has 2 rings (SSSR count). The van der Waals surface area contributed by atoms with Crippen LogP contribution in [0.25, 0.3) is 0 Å². The Hall–Kier alpha value is -0.630. The molecule has 0 N–H and O–H groups in total. The van der Waals surface area contributed by atoms with Crippen LogP contribution in [0, 0.1) is 0 Å². The Kier molecular flexibility index (Phi) is 2.79. The van der Waals surface area contributed by atoms with Crippen molar-refractivity contribution in [2.24, 2.45) is 0 Å². The monoisotopic (exact) mass is 193 g/mol. The quantitative estimate of drug-likeness (QED) is 0.676. The molecule has 2 heteroatoms. The van der Waals surface area contributed by atoms with E-state index < -0.39 is 0 Å². The molecule has 1 atom stereocenters. The van der Waals surface area contributed by atoms with E-state index in [1.165, 1.54) is 24.4 Å². The molecule has 0 spiro atoms. The van der Waals surface area contributed by atoms with Gasteiger partial charge in [-0.25, -0.2) is 0 Å². The van der Waals surface area contributed by atoms with Gasteiger partial charge in [0.25, 0.3) is 0 Å². The molecule has 1 aromatic rings. The van der Waals surface area contributed by atoms with Crippen LogP contribution in [0.4, 0.5) is 5.69 Å². The average molecular weight is 193 g/mol. The minimum Gasteiger partial charge on any atom is -0.365 e. The molecule has 13 heavy (non-hydrogen) atoms. The highest BCUT2D eigenvalue weighted by Gasteiger charge is 2.32. The first-order valence-corrected chi connectivity index (χ1v) is 6.12. The summed E-state index contributed by atoms with van der Waals surface area (Å²) in [6.45, 7) is 1.25. The fraction of sp³-hybridized carbons (Fsp3) is 0.455. The molecule has 0 bridgehead atoms. The predicted octanol–water partition coefficient (Wildman–Crippen LogP) is 2.63. The number of nitrogens with zero attached hydrogens (tertiary/aromatic N) is 1. The molecule has 1 aromatic carbocycles. The Labute approximate surface area is 84.1 Å². The number of para-hydroxylation sites is 1. The highest BCUT2D eigenvalue weighted by atomic mass is 32.2. The topological polar surface area (TPSA) is 3.01 Å². The van der Waals surface area contributed by atoms with Crippen molar-refractivity contribution in [1.82, 2.24) is 0 Å². The van der Waals surface area contributed by atoms with Gasteiger partial charge in [0.2, 0.25) is 0 Å². The summed E-state index contributed by atoms with van der Waals surface area (Å²) in [5, 5.41) is 0. The second-order valence-electron chi connectivity index (χ2n) is 3.42. The van der Waals surface area contributed by atoms with Crippen LogP contribution in [-0.4, -0.2) is 24.6 Å². The zero-order chi connectivity index (χ0) is 9.10. The standard InChI is InChI=1S/C11H15NS/c1-13-8-7-11-9-12(11)10-5-3-2-4-6-10/h2-6,11H,7-9H2,1H3/t11-,12?/m0/s1. The van der Waals surface area contributed by atoms with E-state index in [9.17, 15) is 0 Å². The zero-order valence-electron chi connectivity index (χ0n) is 7.94. The van der Waals surface area contributed by atoms with Crippen molar-refractivity contribution in [3.8, 4) is 0 Å². The van der Waals surface area contributed by atoms with Crippen LogP contribution < -0.4 is 4.90 Å². The molecule has 0 aromatic heterocycles. The maximum absolute atomic E-state index is 2.47. The minimum atomic E-state index is 0.815. The SMILES string of the molecule is CSCC[C@H]1CN1c1ccccc1. The Balaban J connectivity index is 1.86. The predicted molar refractivity (Wildman–Crippen MR) is 60.6 cm³/mol. The Bertz CT molecular complexity index is 260. The highest BCUT2D eigenvalue weighted by Crippen LogP contribution is 2.29. The van der Waals surface area contributed by atoms with Crippen LogP contribution in [-0.2, 0) is 0 Å². The largest absolute Gasteiger partial charge is 0.365 e. The van der Waals surface area contributed by atoms with Crippen molar-refractivity contribution in [3.63, 3.8) is 0 Å². The summed E-state index contributed by atoms with van der Waals surface area (Å²) in [4.78, 5) is 2.47. The second kappa shape index (κ2) is 4.05. The summed E-state index contributed by atoms with van der Waals surface area (Å²) in [6, 6.07) is 11.5. The van der Waals surface area contributed by atoms with Crippen LogP contribution >= 0.6 is 11.8 Å². The zero-order valence-corrected chi connectivity index (χ0v) is 8.76. The molecule has 70 valence electrons. The molecule has 0 radical (unpaired) electrons. The van der Waals surface area contributed by atoms with E-state index in [-0.39, 0.29) is 0 Å². The van der Waals surface area contributed by atoms with E-state index in [0.717, 1.165) is 6.04 Å². The van der Waals surface area contributed by atoms with E-state index in [1.807, 2.05) is 11.8 Å². The second-order valence-corrected chi connectivity index (χ2v) is 4.41. The van der Waals surface area contributed by atoms with Gasteiger partial charge in [0, 0.05) is 18.3 Å². The number of rotatable bonds is 4. The molecule has 1 heterocycles. The van der Waals surface area contributed by atoms with Crippen molar-refractivity contribution in [2.45, 2.75) is 12.5 Å². The summed E-state index contributed by atoms with van der Waals surface area (Å²) in [7, 11) is 0. The molecule has 0 unspecified atom stereocenters. The van der Waals surface area contributed by atoms with Gasteiger partial charge in [0.1, 0.15) is 0 Å². The van der Waals surface area contributed by atoms with E-state index in [0.29, 0.717) is 0 Å². The van der Waals surface area contributed by atoms with Gasteiger partial charge in [0.15, 0.2) is 0 Å². The van der Waals surface area contributed by atoms with Crippen molar-refractivity contribution in [1.29, 1.82) is 0 Å². The van der Waals surface area contributed by atoms with Crippen LogP contribution in [0.5, 0.6) is 0 Å². The lowest BCUT2D eigenvalue weighted by Crippen LogP contribution is -1.99. The lowest BCUT2D eigenvalue weighted by atomic mass is 10.3. The van der Waals surface area contributed by atoms with Gasteiger partial charge in [-0.3, -0.25) is 0 Å². The summed E-state index contributed by atoms with van der Waals surface area (Å²) < 4.78 is 0. The number of hydrogen-bond donors (Lipinski definition) is 0. The van der Waals surface area contributed by atoms with Gasteiger partial charge in [-0.1, -0.05) is 18.2 Å². The van der Waals surface area contributed by atoms with Crippen molar-refractivity contribution < 1.29 is 0 Å². The van der Waals surface area contributed by atoms with Crippen LogP contribution in [0.3, 0.4) is 0 Å². The van der Waals surface area contributed by atoms with Gasteiger partial charge < -0.3 is 4.90 Å². The highest BCUT2D eigenvalue weighted by molar-refractivity contribution is 7.98.